The van der Waals surface area contributed by atoms with Crippen molar-refractivity contribution in [2.75, 3.05) is 19.0 Å². The van der Waals surface area contributed by atoms with Crippen LogP contribution in [0.25, 0.3) is 0 Å². The number of nitrogens with zero attached hydrogens (tertiary/aromatic N) is 2. The highest BCUT2D eigenvalue weighted by atomic mass is 16.5. The largest absolute Gasteiger partial charge is 0.496 e. The van der Waals surface area contributed by atoms with Gasteiger partial charge in [-0.1, -0.05) is 17.7 Å². The van der Waals surface area contributed by atoms with Crippen LogP contribution in [0.1, 0.15) is 29.3 Å². The summed E-state index contributed by atoms with van der Waals surface area (Å²) < 4.78 is 7.74. The topological polar surface area (TPSA) is 39.1 Å². The summed E-state index contributed by atoms with van der Waals surface area (Å²) in [6.07, 6.45) is 3.15. The minimum atomic E-state index is 0.298. The quantitative estimate of drug-likeness (QED) is 0.899. The first kappa shape index (κ1) is 12.1. The number of aromatic nitrogens is 2. The third kappa shape index (κ3) is 2.07. The first-order valence-corrected chi connectivity index (χ1v) is 6.63. The summed E-state index contributed by atoms with van der Waals surface area (Å²) in [5, 5.41) is 3.35. The number of benzene rings is 1. The van der Waals surface area contributed by atoms with Crippen LogP contribution in [0.5, 0.6) is 5.75 Å². The van der Waals surface area contributed by atoms with Crippen molar-refractivity contribution < 1.29 is 4.74 Å². The molecular formula is C15H19N3O. The van der Waals surface area contributed by atoms with Crippen molar-refractivity contribution in [1.82, 2.24) is 9.55 Å². The van der Waals surface area contributed by atoms with E-state index in [2.05, 4.69) is 46.2 Å². The maximum absolute atomic E-state index is 5.52. The molecule has 0 bridgehead atoms. The van der Waals surface area contributed by atoms with Crippen LogP contribution in [-0.2, 0) is 0 Å². The van der Waals surface area contributed by atoms with Gasteiger partial charge in [-0.2, -0.15) is 0 Å². The second-order valence-corrected chi connectivity index (χ2v) is 5.09. The summed E-state index contributed by atoms with van der Waals surface area (Å²) >= 11 is 0. The van der Waals surface area contributed by atoms with Crippen LogP contribution in [0, 0.1) is 13.8 Å². The van der Waals surface area contributed by atoms with E-state index in [4.69, 9.17) is 4.74 Å². The van der Waals surface area contributed by atoms with Gasteiger partial charge in [0.2, 0.25) is 5.95 Å². The molecule has 3 rings (SSSR count). The van der Waals surface area contributed by atoms with Gasteiger partial charge in [0.05, 0.1) is 18.8 Å². The summed E-state index contributed by atoms with van der Waals surface area (Å²) in [4.78, 5) is 4.52. The standard InChI is InChI=1S/C15H19N3O/c1-10-4-5-14(19-3)12(8-10)13-6-7-16-15-17-11(2)9-18(13)15/h4-5,8-9,13H,6-7H2,1-3H3,(H,16,17). The summed E-state index contributed by atoms with van der Waals surface area (Å²) in [6.45, 7) is 5.08. The Morgan fingerprint density at radius 2 is 2.21 bits per heavy atom. The Labute approximate surface area is 113 Å². The van der Waals surface area contributed by atoms with Crippen LogP contribution in [0.3, 0.4) is 0 Å². The molecule has 4 nitrogen and oxygen atoms in total. The van der Waals surface area contributed by atoms with Crippen molar-refractivity contribution in [2.24, 2.45) is 0 Å². The van der Waals surface area contributed by atoms with Gasteiger partial charge in [0.15, 0.2) is 0 Å². The van der Waals surface area contributed by atoms with Crippen molar-refractivity contribution >= 4 is 5.95 Å². The van der Waals surface area contributed by atoms with Gasteiger partial charge in [-0.3, -0.25) is 0 Å². The Balaban J connectivity index is 2.10. The third-order valence-electron chi connectivity index (χ3n) is 3.63. The number of nitrogens with one attached hydrogen (secondary N) is 1. The molecule has 0 amide bonds. The minimum Gasteiger partial charge on any atom is -0.496 e. The van der Waals surface area contributed by atoms with Gasteiger partial charge < -0.3 is 14.6 Å². The summed E-state index contributed by atoms with van der Waals surface area (Å²) in [5.41, 5.74) is 3.54. The van der Waals surface area contributed by atoms with Crippen molar-refractivity contribution in [2.45, 2.75) is 26.3 Å². The molecule has 1 N–H and O–H groups in total. The van der Waals surface area contributed by atoms with Crippen LogP contribution in [0.4, 0.5) is 5.95 Å². The number of anilines is 1. The maximum atomic E-state index is 5.52. The molecule has 0 radical (unpaired) electrons. The average molecular weight is 257 g/mol. The average Bonchev–Trinajstić information content (AvgIpc) is 2.78. The van der Waals surface area contributed by atoms with Crippen LogP contribution < -0.4 is 10.1 Å². The van der Waals surface area contributed by atoms with Gasteiger partial charge in [-0.05, 0) is 26.3 Å². The van der Waals surface area contributed by atoms with E-state index < -0.39 is 0 Å². The summed E-state index contributed by atoms with van der Waals surface area (Å²) in [5.74, 6) is 1.91. The molecule has 0 spiro atoms. The molecular weight excluding hydrogens is 238 g/mol. The van der Waals surface area contributed by atoms with Gasteiger partial charge in [0.1, 0.15) is 5.75 Å². The molecule has 0 saturated heterocycles. The number of fused-ring (bicyclic) bond motifs is 1. The zero-order chi connectivity index (χ0) is 13.4. The van der Waals surface area contributed by atoms with Gasteiger partial charge in [-0.15, -0.1) is 0 Å². The lowest BCUT2D eigenvalue weighted by molar-refractivity contribution is 0.397. The maximum Gasteiger partial charge on any atom is 0.203 e. The van der Waals surface area contributed by atoms with E-state index in [-0.39, 0.29) is 0 Å². The van der Waals surface area contributed by atoms with E-state index in [1.165, 1.54) is 11.1 Å². The highest BCUT2D eigenvalue weighted by Crippen LogP contribution is 2.35. The van der Waals surface area contributed by atoms with E-state index in [1.807, 2.05) is 6.92 Å². The van der Waals surface area contributed by atoms with E-state index in [1.54, 1.807) is 7.11 Å². The van der Waals surface area contributed by atoms with Crippen molar-refractivity contribution in [3.05, 3.63) is 41.2 Å². The van der Waals surface area contributed by atoms with E-state index in [9.17, 15) is 0 Å². The fraction of sp³-hybridized carbons (Fsp3) is 0.400. The molecule has 4 heteroatoms. The zero-order valence-corrected chi connectivity index (χ0v) is 11.6. The Kier molecular flexibility index (Phi) is 2.93. The van der Waals surface area contributed by atoms with Gasteiger partial charge in [0.25, 0.3) is 0 Å². The molecule has 1 aromatic heterocycles. The Morgan fingerprint density at radius 1 is 1.37 bits per heavy atom. The smallest absolute Gasteiger partial charge is 0.203 e. The van der Waals surface area contributed by atoms with Crippen molar-refractivity contribution in [3.63, 3.8) is 0 Å². The molecule has 19 heavy (non-hydrogen) atoms. The predicted molar refractivity (Wildman–Crippen MR) is 75.9 cm³/mol. The minimum absolute atomic E-state index is 0.298. The predicted octanol–water partition coefficient (Wildman–Crippen LogP) is 2.91. The number of rotatable bonds is 2. The lowest BCUT2D eigenvalue weighted by Gasteiger charge is -2.27. The SMILES string of the molecule is COc1ccc(C)cc1C1CCNc2nc(C)cn21. The van der Waals surface area contributed by atoms with Gasteiger partial charge in [0, 0.05) is 18.3 Å². The fourth-order valence-electron chi connectivity index (χ4n) is 2.76. The Bertz CT molecular complexity index is 603. The normalized spacial score (nSPS) is 17.7. The Hall–Kier alpha value is -1.97. The highest BCUT2D eigenvalue weighted by molar-refractivity contribution is 5.43. The molecule has 1 aliphatic heterocycles. The van der Waals surface area contributed by atoms with E-state index in [0.717, 1.165) is 30.4 Å². The number of imidazole rings is 1. The molecule has 1 aliphatic rings. The summed E-state index contributed by atoms with van der Waals surface area (Å²) in [6, 6.07) is 6.65. The molecule has 0 fully saturated rings. The van der Waals surface area contributed by atoms with Crippen molar-refractivity contribution in [3.8, 4) is 5.75 Å². The first-order valence-electron chi connectivity index (χ1n) is 6.63. The number of hydrogen-bond acceptors (Lipinski definition) is 3. The lowest BCUT2D eigenvalue weighted by Crippen LogP contribution is -2.23. The van der Waals surface area contributed by atoms with Gasteiger partial charge in [-0.25, -0.2) is 4.98 Å². The summed E-state index contributed by atoms with van der Waals surface area (Å²) in [7, 11) is 1.73. The molecule has 1 aromatic carbocycles. The number of aryl methyl sites for hydroxylation is 2. The second-order valence-electron chi connectivity index (χ2n) is 5.09. The molecule has 1 atom stereocenters. The van der Waals surface area contributed by atoms with Crippen LogP contribution >= 0.6 is 0 Å². The number of ether oxygens (including phenoxy) is 1. The number of methoxy groups -OCH3 is 1. The molecule has 0 aliphatic carbocycles. The monoisotopic (exact) mass is 257 g/mol. The van der Waals surface area contributed by atoms with E-state index >= 15 is 0 Å². The molecule has 2 aromatic rings. The highest BCUT2D eigenvalue weighted by Gasteiger charge is 2.24. The molecule has 0 saturated carbocycles. The lowest BCUT2D eigenvalue weighted by atomic mass is 9.99. The van der Waals surface area contributed by atoms with Crippen LogP contribution in [-0.4, -0.2) is 23.2 Å². The van der Waals surface area contributed by atoms with Gasteiger partial charge >= 0.3 is 0 Å². The Morgan fingerprint density at radius 3 is 3.00 bits per heavy atom. The second kappa shape index (κ2) is 4.61. The fourth-order valence-corrected chi connectivity index (χ4v) is 2.76. The van der Waals surface area contributed by atoms with Crippen molar-refractivity contribution in [1.29, 1.82) is 0 Å². The first-order chi connectivity index (χ1) is 9.19. The molecule has 1 unspecified atom stereocenters. The third-order valence-corrected chi connectivity index (χ3v) is 3.63. The van der Waals surface area contributed by atoms with Crippen LogP contribution in [0.2, 0.25) is 0 Å². The van der Waals surface area contributed by atoms with Crippen LogP contribution in [0.15, 0.2) is 24.4 Å². The van der Waals surface area contributed by atoms with E-state index in [0.29, 0.717) is 6.04 Å². The zero-order valence-electron chi connectivity index (χ0n) is 11.6. The number of hydrogen-bond donors (Lipinski definition) is 1. The molecule has 2 heterocycles. The molecule has 100 valence electrons.